The van der Waals surface area contributed by atoms with Gasteiger partial charge in [0.15, 0.2) is 16.6 Å². The number of hydrogen-bond acceptors (Lipinski definition) is 5. The normalized spacial score (nSPS) is 10.7. The summed E-state index contributed by atoms with van der Waals surface area (Å²) in [5, 5.41) is 13.1. The summed E-state index contributed by atoms with van der Waals surface area (Å²) in [4.78, 5) is 11.8. The lowest BCUT2D eigenvalue weighted by atomic mass is 10.2. The van der Waals surface area contributed by atoms with Gasteiger partial charge in [-0.1, -0.05) is 6.07 Å². The Morgan fingerprint density at radius 1 is 1.45 bits per heavy atom. The SMILES string of the molecule is COc1cccc(C=NNC(=O)c2ccc(F)s2)c1O. The number of rotatable bonds is 4. The molecule has 0 saturated heterocycles. The lowest BCUT2D eigenvalue weighted by Crippen LogP contribution is -2.16. The summed E-state index contributed by atoms with van der Waals surface area (Å²) in [6.07, 6.45) is 1.28. The monoisotopic (exact) mass is 294 g/mol. The van der Waals surface area contributed by atoms with Gasteiger partial charge in [0.2, 0.25) is 0 Å². The molecule has 0 atom stereocenters. The number of nitrogens with zero attached hydrogens (tertiary/aromatic N) is 1. The van der Waals surface area contributed by atoms with Crippen LogP contribution in [-0.2, 0) is 0 Å². The summed E-state index contributed by atoms with van der Waals surface area (Å²) in [5.41, 5.74) is 2.64. The molecular weight excluding hydrogens is 283 g/mol. The van der Waals surface area contributed by atoms with Crippen LogP contribution in [0.2, 0.25) is 0 Å². The molecule has 2 aromatic rings. The number of para-hydroxylation sites is 1. The molecule has 1 aromatic carbocycles. The molecule has 0 saturated carbocycles. The number of hydrazone groups is 1. The summed E-state index contributed by atoms with van der Waals surface area (Å²) in [6, 6.07) is 7.46. The molecule has 0 unspecified atom stereocenters. The minimum Gasteiger partial charge on any atom is -0.504 e. The van der Waals surface area contributed by atoms with E-state index in [0.29, 0.717) is 11.3 Å². The van der Waals surface area contributed by atoms with Crippen LogP contribution < -0.4 is 10.2 Å². The maximum Gasteiger partial charge on any atom is 0.281 e. The molecule has 5 nitrogen and oxygen atoms in total. The first-order valence-corrected chi connectivity index (χ1v) is 6.38. The van der Waals surface area contributed by atoms with Gasteiger partial charge in [-0.3, -0.25) is 4.79 Å². The highest BCUT2D eigenvalue weighted by molar-refractivity contribution is 7.12. The van der Waals surface area contributed by atoms with Crippen molar-refractivity contribution < 1.29 is 19.0 Å². The van der Waals surface area contributed by atoms with Gasteiger partial charge in [0.1, 0.15) is 0 Å². The molecule has 0 fully saturated rings. The Bertz CT molecular complexity index is 655. The van der Waals surface area contributed by atoms with E-state index >= 15 is 0 Å². The number of phenolic OH excluding ortho intramolecular Hbond substituents is 1. The Morgan fingerprint density at radius 2 is 2.25 bits per heavy atom. The van der Waals surface area contributed by atoms with Crippen molar-refractivity contribution in [1.82, 2.24) is 5.43 Å². The standard InChI is InChI=1S/C13H11FN2O3S/c1-19-9-4-2-3-8(12(9)17)7-15-16-13(18)10-5-6-11(14)20-10/h2-7,17H,1H3,(H,16,18). The van der Waals surface area contributed by atoms with Crippen LogP contribution in [0.3, 0.4) is 0 Å². The van der Waals surface area contributed by atoms with Crippen molar-refractivity contribution in [3.05, 3.63) is 45.9 Å². The molecule has 2 N–H and O–H groups in total. The summed E-state index contributed by atoms with van der Waals surface area (Å²) in [5.74, 6) is -0.284. The number of amides is 1. The second-order valence-corrected chi connectivity index (χ2v) is 4.73. The largest absolute Gasteiger partial charge is 0.504 e. The van der Waals surface area contributed by atoms with Crippen LogP contribution in [0.1, 0.15) is 15.2 Å². The Kier molecular flexibility index (Phi) is 4.31. The Hall–Kier alpha value is -2.41. The van der Waals surface area contributed by atoms with Crippen LogP contribution in [0.25, 0.3) is 0 Å². The first kappa shape index (κ1) is 14.0. The van der Waals surface area contributed by atoms with Gasteiger partial charge in [-0.05, 0) is 24.3 Å². The molecule has 2 rings (SSSR count). The number of carbonyl (C=O) groups is 1. The molecule has 20 heavy (non-hydrogen) atoms. The highest BCUT2D eigenvalue weighted by atomic mass is 32.1. The third kappa shape index (κ3) is 3.12. The van der Waals surface area contributed by atoms with E-state index in [0.717, 1.165) is 11.3 Å². The number of nitrogens with one attached hydrogen (secondary N) is 1. The van der Waals surface area contributed by atoms with E-state index in [2.05, 4.69) is 10.5 Å². The molecule has 0 spiro atoms. The second-order valence-electron chi connectivity index (χ2n) is 3.70. The Balaban J connectivity index is 2.05. The number of benzene rings is 1. The fourth-order valence-electron chi connectivity index (χ4n) is 1.46. The van der Waals surface area contributed by atoms with E-state index in [-0.39, 0.29) is 10.6 Å². The van der Waals surface area contributed by atoms with E-state index < -0.39 is 11.0 Å². The molecule has 104 valence electrons. The van der Waals surface area contributed by atoms with Crippen molar-refractivity contribution in [2.24, 2.45) is 5.10 Å². The number of ether oxygens (including phenoxy) is 1. The van der Waals surface area contributed by atoms with Gasteiger partial charge in [-0.2, -0.15) is 9.49 Å². The minimum atomic E-state index is -0.516. The third-order valence-corrected chi connectivity index (χ3v) is 3.29. The van der Waals surface area contributed by atoms with Crippen LogP contribution >= 0.6 is 11.3 Å². The van der Waals surface area contributed by atoms with Gasteiger partial charge in [0.25, 0.3) is 5.91 Å². The first-order valence-electron chi connectivity index (χ1n) is 5.56. The fourth-order valence-corrected chi connectivity index (χ4v) is 2.08. The Morgan fingerprint density at radius 3 is 2.90 bits per heavy atom. The second kappa shape index (κ2) is 6.16. The highest BCUT2D eigenvalue weighted by Crippen LogP contribution is 2.27. The minimum absolute atomic E-state index is 0.0739. The van der Waals surface area contributed by atoms with Crippen molar-refractivity contribution in [1.29, 1.82) is 0 Å². The van der Waals surface area contributed by atoms with E-state index in [1.807, 2.05) is 0 Å². The molecule has 0 aliphatic rings. The molecule has 0 radical (unpaired) electrons. The predicted molar refractivity (Wildman–Crippen MR) is 74.0 cm³/mol. The van der Waals surface area contributed by atoms with Gasteiger partial charge >= 0.3 is 0 Å². The zero-order valence-corrected chi connectivity index (χ0v) is 11.3. The highest BCUT2D eigenvalue weighted by Gasteiger charge is 2.08. The number of carbonyl (C=O) groups excluding carboxylic acids is 1. The quantitative estimate of drug-likeness (QED) is 0.671. The molecule has 1 aromatic heterocycles. The lowest BCUT2D eigenvalue weighted by Gasteiger charge is -2.04. The van der Waals surface area contributed by atoms with Gasteiger partial charge < -0.3 is 9.84 Å². The zero-order chi connectivity index (χ0) is 14.5. The molecule has 1 heterocycles. The van der Waals surface area contributed by atoms with Crippen molar-refractivity contribution >= 4 is 23.5 Å². The molecule has 1 amide bonds. The van der Waals surface area contributed by atoms with Crippen molar-refractivity contribution in [2.75, 3.05) is 7.11 Å². The van der Waals surface area contributed by atoms with Gasteiger partial charge in [-0.15, -0.1) is 11.3 Å². The molecule has 0 aliphatic carbocycles. The van der Waals surface area contributed by atoms with E-state index in [9.17, 15) is 14.3 Å². The summed E-state index contributed by atoms with van der Waals surface area (Å²) in [7, 11) is 1.43. The van der Waals surface area contributed by atoms with Crippen molar-refractivity contribution in [3.63, 3.8) is 0 Å². The van der Waals surface area contributed by atoms with E-state index in [4.69, 9.17) is 4.74 Å². The summed E-state index contributed by atoms with van der Waals surface area (Å²) in [6.45, 7) is 0. The predicted octanol–water partition coefficient (Wildman–Crippen LogP) is 2.37. The van der Waals surface area contributed by atoms with Crippen LogP contribution in [0.4, 0.5) is 4.39 Å². The Labute approximate surface area is 118 Å². The van der Waals surface area contributed by atoms with Crippen molar-refractivity contribution in [2.45, 2.75) is 0 Å². The number of hydrogen-bond donors (Lipinski definition) is 2. The number of aromatic hydroxyl groups is 1. The van der Waals surface area contributed by atoms with Crippen LogP contribution in [-0.4, -0.2) is 24.3 Å². The number of phenols is 1. The fraction of sp³-hybridized carbons (Fsp3) is 0.0769. The molecule has 7 heteroatoms. The van der Waals surface area contributed by atoms with E-state index in [1.165, 1.54) is 25.5 Å². The average molecular weight is 294 g/mol. The van der Waals surface area contributed by atoms with Crippen molar-refractivity contribution in [3.8, 4) is 11.5 Å². The topological polar surface area (TPSA) is 70.9 Å². The number of halogens is 1. The van der Waals surface area contributed by atoms with Gasteiger partial charge in [-0.25, -0.2) is 5.43 Å². The summed E-state index contributed by atoms with van der Waals surface area (Å²) >= 11 is 0.729. The molecular formula is C13H11FN2O3S. The average Bonchev–Trinajstić information content (AvgIpc) is 2.87. The number of methoxy groups -OCH3 is 1. The lowest BCUT2D eigenvalue weighted by molar-refractivity contribution is 0.0959. The van der Waals surface area contributed by atoms with Crippen LogP contribution in [0.5, 0.6) is 11.5 Å². The third-order valence-electron chi connectivity index (χ3n) is 2.42. The molecule has 0 aliphatic heterocycles. The van der Waals surface area contributed by atoms with Crippen LogP contribution in [0, 0.1) is 5.13 Å². The maximum atomic E-state index is 12.8. The zero-order valence-electron chi connectivity index (χ0n) is 10.5. The smallest absolute Gasteiger partial charge is 0.281 e. The summed E-state index contributed by atoms with van der Waals surface area (Å²) < 4.78 is 17.7. The van der Waals surface area contributed by atoms with E-state index in [1.54, 1.807) is 18.2 Å². The van der Waals surface area contributed by atoms with Gasteiger partial charge in [0, 0.05) is 5.56 Å². The maximum absolute atomic E-state index is 12.8. The number of thiophene rings is 1. The first-order chi connectivity index (χ1) is 9.61. The van der Waals surface area contributed by atoms with Crippen LogP contribution in [0.15, 0.2) is 35.4 Å². The van der Waals surface area contributed by atoms with Gasteiger partial charge in [0.05, 0.1) is 18.2 Å². The molecule has 0 bridgehead atoms.